The number of fused-ring (bicyclic) bond motifs is 1. The SMILES string of the molecule is FC(F)(F)c1cccc(-n2cc(CN(CCNC3CCCCC3)Cc3cccnc3)c3ccccc32)c1. The van der Waals surface area contributed by atoms with E-state index in [0.717, 1.165) is 47.7 Å². The number of hydrogen-bond acceptors (Lipinski definition) is 3. The Hall–Kier alpha value is -3.16. The van der Waals surface area contributed by atoms with E-state index in [1.54, 1.807) is 12.3 Å². The molecule has 4 aromatic rings. The fourth-order valence-corrected chi connectivity index (χ4v) is 5.36. The molecule has 0 amide bonds. The molecule has 37 heavy (non-hydrogen) atoms. The number of nitrogens with zero attached hydrogens (tertiary/aromatic N) is 3. The molecular weight excluding hydrogens is 473 g/mol. The minimum atomic E-state index is -4.38. The lowest BCUT2D eigenvalue weighted by atomic mass is 9.95. The number of alkyl halides is 3. The van der Waals surface area contributed by atoms with Gasteiger partial charge in [0.25, 0.3) is 0 Å². The summed E-state index contributed by atoms with van der Waals surface area (Å²) in [6.45, 7) is 3.21. The van der Waals surface area contributed by atoms with E-state index in [9.17, 15) is 13.2 Å². The molecule has 4 nitrogen and oxygen atoms in total. The summed E-state index contributed by atoms with van der Waals surface area (Å²) in [5.41, 5.74) is 3.00. The lowest BCUT2D eigenvalue weighted by molar-refractivity contribution is -0.137. The number of nitrogens with one attached hydrogen (secondary N) is 1. The summed E-state index contributed by atoms with van der Waals surface area (Å²) in [5.74, 6) is 0. The first-order valence-electron chi connectivity index (χ1n) is 13.1. The average molecular weight is 507 g/mol. The average Bonchev–Trinajstić information content (AvgIpc) is 3.28. The quantitative estimate of drug-likeness (QED) is 0.266. The van der Waals surface area contributed by atoms with Crippen LogP contribution in [0.2, 0.25) is 0 Å². The topological polar surface area (TPSA) is 33.1 Å². The van der Waals surface area contributed by atoms with Crippen molar-refractivity contribution in [3.05, 3.63) is 95.9 Å². The number of hydrogen-bond donors (Lipinski definition) is 1. The van der Waals surface area contributed by atoms with Crippen LogP contribution in [0.3, 0.4) is 0 Å². The van der Waals surface area contributed by atoms with Gasteiger partial charge < -0.3 is 9.88 Å². The molecule has 0 saturated heterocycles. The molecule has 0 radical (unpaired) electrons. The minimum absolute atomic E-state index is 0.509. The van der Waals surface area contributed by atoms with Crippen LogP contribution in [0, 0.1) is 0 Å². The van der Waals surface area contributed by atoms with Crippen LogP contribution in [0.25, 0.3) is 16.6 Å². The normalized spacial score (nSPS) is 15.0. The van der Waals surface area contributed by atoms with Crippen LogP contribution in [0.15, 0.2) is 79.3 Å². The molecule has 1 fully saturated rings. The number of para-hydroxylation sites is 1. The van der Waals surface area contributed by atoms with Crippen molar-refractivity contribution < 1.29 is 13.2 Å². The molecule has 0 bridgehead atoms. The van der Waals surface area contributed by atoms with Gasteiger partial charge in [0.1, 0.15) is 0 Å². The van der Waals surface area contributed by atoms with E-state index in [-0.39, 0.29) is 0 Å². The Balaban J connectivity index is 1.41. The van der Waals surface area contributed by atoms with Crippen molar-refractivity contribution in [1.29, 1.82) is 0 Å². The van der Waals surface area contributed by atoms with E-state index in [1.165, 1.54) is 44.2 Å². The Bertz CT molecular complexity index is 1290. The molecule has 1 aliphatic rings. The molecule has 0 atom stereocenters. The molecule has 1 aliphatic carbocycles. The van der Waals surface area contributed by atoms with Gasteiger partial charge in [-0.15, -0.1) is 0 Å². The zero-order valence-corrected chi connectivity index (χ0v) is 20.9. The maximum absolute atomic E-state index is 13.4. The maximum atomic E-state index is 13.4. The molecule has 7 heteroatoms. The van der Waals surface area contributed by atoms with E-state index in [2.05, 4.69) is 27.3 Å². The predicted octanol–water partition coefficient (Wildman–Crippen LogP) is 6.97. The molecule has 1 N–H and O–H groups in total. The Morgan fingerprint density at radius 3 is 2.57 bits per heavy atom. The minimum Gasteiger partial charge on any atom is -0.316 e. The molecule has 0 aliphatic heterocycles. The van der Waals surface area contributed by atoms with Gasteiger partial charge in [-0.25, -0.2) is 0 Å². The van der Waals surface area contributed by atoms with Crippen molar-refractivity contribution in [2.75, 3.05) is 13.1 Å². The Morgan fingerprint density at radius 2 is 1.78 bits per heavy atom. The lowest BCUT2D eigenvalue weighted by Gasteiger charge is -2.26. The predicted molar refractivity (Wildman–Crippen MR) is 142 cm³/mol. The number of benzene rings is 2. The van der Waals surface area contributed by atoms with E-state index in [0.29, 0.717) is 18.3 Å². The molecule has 0 spiro atoms. The van der Waals surface area contributed by atoms with Crippen molar-refractivity contribution in [1.82, 2.24) is 19.8 Å². The van der Waals surface area contributed by atoms with E-state index >= 15 is 0 Å². The standard InChI is InChI=1S/C30H33F3N4/c31-30(32,33)25-9-6-12-27(18-25)37-22-24(28-13-4-5-14-29(28)37)21-36(20-23-8-7-15-34-19-23)17-16-35-26-10-2-1-3-11-26/h4-9,12-15,18-19,22,26,35H,1-3,10-11,16-17,20-21H2. The van der Waals surface area contributed by atoms with Gasteiger partial charge >= 0.3 is 6.18 Å². The third-order valence-corrected chi connectivity index (χ3v) is 7.24. The first-order chi connectivity index (χ1) is 18.0. The second-order valence-electron chi connectivity index (χ2n) is 9.95. The van der Waals surface area contributed by atoms with Crippen LogP contribution in [0.4, 0.5) is 13.2 Å². The fraction of sp³-hybridized carbons (Fsp3) is 0.367. The molecule has 5 rings (SSSR count). The monoisotopic (exact) mass is 506 g/mol. The first-order valence-corrected chi connectivity index (χ1v) is 13.1. The van der Waals surface area contributed by atoms with Crippen LogP contribution >= 0.6 is 0 Å². The summed E-state index contributed by atoms with van der Waals surface area (Å²) in [6.07, 6.45) is 7.70. The lowest BCUT2D eigenvalue weighted by Crippen LogP contribution is -2.37. The van der Waals surface area contributed by atoms with Crippen molar-refractivity contribution >= 4 is 10.9 Å². The van der Waals surface area contributed by atoms with Crippen LogP contribution < -0.4 is 5.32 Å². The molecule has 2 aromatic carbocycles. The summed E-state index contributed by atoms with van der Waals surface area (Å²) >= 11 is 0. The third-order valence-electron chi connectivity index (χ3n) is 7.24. The van der Waals surface area contributed by atoms with E-state index < -0.39 is 11.7 Å². The highest BCUT2D eigenvalue weighted by atomic mass is 19.4. The molecule has 2 aromatic heterocycles. The van der Waals surface area contributed by atoms with Gasteiger partial charge in [-0.05, 0) is 54.3 Å². The Morgan fingerprint density at radius 1 is 0.946 bits per heavy atom. The molecule has 1 saturated carbocycles. The molecule has 194 valence electrons. The fourth-order valence-electron chi connectivity index (χ4n) is 5.36. The van der Waals surface area contributed by atoms with Gasteiger partial charge in [-0.1, -0.05) is 49.6 Å². The number of pyridine rings is 1. The number of halogens is 3. The summed E-state index contributed by atoms with van der Waals surface area (Å²) in [5, 5.41) is 4.80. The Labute approximate surface area is 216 Å². The van der Waals surface area contributed by atoms with Gasteiger partial charge in [0, 0.05) is 61.9 Å². The second kappa shape index (κ2) is 11.5. The van der Waals surface area contributed by atoms with Crippen molar-refractivity contribution in [2.45, 2.75) is 57.4 Å². The van der Waals surface area contributed by atoms with Gasteiger partial charge in [-0.3, -0.25) is 9.88 Å². The summed E-state index contributed by atoms with van der Waals surface area (Å²) in [6, 6.07) is 18.1. The molecular formula is C30H33F3N4. The molecule has 0 unspecified atom stereocenters. The number of rotatable bonds is 9. The van der Waals surface area contributed by atoms with Gasteiger partial charge in [0.2, 0.25) is 0 Å². The molecule has 2 heterocycles. The second-order valence-corrected chi connectivity index (χ2v) is 9.95. The summed E-state index contributed by atoms with van der Waals surface area (Å²) in [7, 11) is 0. The van der Waals surface area contributed by atoms with Crippen LogP contribution in [-0.2, 0) is 19.3 Å². The van der Waals surface area contributed by atoms with Crippen molar-refractivity contribution in [3.63, 3.8) is 0 Å². The van der Waals surface area contributed by atoms with Crippen molar-refractivity contribution in [3.8, 4) is 5.69 Å². The first kappa shape index (κ1) is 25.5. The van der Waals surface area contributed by atoms with Gasteiger partial charge in [0.05, 0.1) is 11.1 Å². The van der Waals surface area contributed by atoms with Crippen LogP contribution in [0.1, 0.15) is 48.8 Å². The summed E-state index contributed by atoms with van der Waals surface area (Å²) < 4.78 is 42.1. The maximum Gasteiger partial charge on any atom is 0.416 e. The largest absolute Gasteiger partial charge is 0.416 e. The Kier molecular flexibility index (Phi) is 7.91. The van der Waals surface area contributed by atoms with E-state index in [1.807, 2.05) is 41.2 Å². The van der Waals surface area contributed by atoms with E-state index in [4.69, 9.17) is 0 Å². The highest BCUT2D eigenvalue weighted by Gasteiger charge is 2.30. The number of aromatic nitrogens is 2. The third kappa shape index (κ3) is 6.40. The van der Waals surface area contributed by atoms with Gasteiger partial charge in [-0.2, -0.15) is 13.2 Å². The highest BCUT2D eigenvalue weighted by molar-refractivity contribution is 5.85. The highest BCUT2D eigenvalue weighted by Crippen LogP contribution is 2.32. The zero-order chi connectivity index (χ0) is 25.7. The van der Waals surface area contributed by atoms with Gasteiger partial charge in [0.15, 0.2) is 0 Å². The van der Waals surface area contributed by atoms with Crippen molar-refractivity contribution in [2.24, 2.45) is 0 Å². The van der Waals surface area contributed by atoms with Crippen LogP contribution in [-0.4, -0.2) is 33.6 Å². The van der Waals surface area contributed by atoms with Crippen LogP contribution in [0.5, 0.6) is 0 Å². The zero-order valence-electron chi connectivity index (χ0n) is 20.9. The summed E-state index contributed by atoms with van der Waals surface area (Å²) in [4.78, 5) is 6.68. The smallest absolute Gasteiger partial charge is 0.316 e.